The van der Waals surface area contributed by atoms with Gasteiger partial charge in [-0.3, -0.25) is 4.79 Å². The Hall–Kier alpha value is -0.860. The molecular weight excluding hydrogens is 145 g/mol. The molecule has 3 heteroatoms. The minimum atomic E-state index is -0.582. The maximum atomic E-state index is 13.0. The highest BCUT2D eigenvalue weighted by Gasteiger charge is 2.16. The Labute approximate surface area is 65.5 Å². The van der Waals surface area contributed by atoms with Crippen molar-refractivity contribution < 1.29 is 9.18 Å². The highest BCUT2D eigenvalue weighted by Crippen LogP contribution is 2.27. The fourth-order valence-electron chi connectivity index (χ4n) is 1.29. The Balaban J connectivity index is 2.69. The second-order valence-electron chi connectivity index (χ2n) is 2.70. The molecule has 1 N–H and O–H groups in total. The van der Waals surface area contributed by atoms with Crippen molar-refractivity contribution in [1.82, 2.24) is 5.32 Å². The van der Waals surface area contributed by atoms with Crippen LogP contribution in [0.5, 0.6) is 0 Å². The summed E-state index contributed by atoms with van der Waals surface area (Å²) in [5.41, 5.74) is 0.685. The van der Waals surface area contributed by atoms with E-state index in [9.17, 15) is 9.18 Å². The number of amides is 1. The highest BCUT2D eigenvalue weighted by molar-refractivity contribution is 5.91. The maximum Gasteiger partial charge on any atom is 0.279 e. The molecule has 0 aromatic heterocycles. The number of carbonyl (C=O) groups excluding carboxylic acids is 1. The number of hydrogen-bond acceptors (Lipinski definition) is 1. The van der Waals surface area contributed by atoms with Crippen LogP contribution in [0, 0.1) is 0 Å². The van der Waals surface area contributed by atoms with Crippen LogP contribution in [-0.2, 0) is 4.79 Å². The molecule has 1 aliphatic carbocycles. The van der Waals surface area contributed by atoms with Crippen LogP contribution >= 0.6 is 0 Å². The van der Waals surface area contributed by atoms with E-state index in [0.29, 0.717) is 5.57 Å². The van der Waals surface area contributed by atoms with Crippen LogP contribution in [0.25, 0.3) is 0 Å². The Bertz CT molecular complexity index is 190. The summed E-state index contributed by atoms with van der Waals surface area (Å²) >= 11 is 0. The van der Waals surface area contributed by atoms with Crippen molar-refractivity contribution in [3.05, 3.63) is 11.4 Å². The van der Waals surface area contributed by atoms with Gasteiger partial charge in [-0.2, -0.15) is 0 Å². The molecule has 2 nitrogen and oxygen atoms in total. The third-order valence-corrected chi connectivity index (χ3v) is 1.94. The zero-order chi connectivity index (χ0) is 8.27. The quantitative estimate of drug-likeness (QED) is 0.574. The van der Waals surface area contributed by atoms with Crippen molar-refractivity contribution in [2.45, 2.75) is 25.7 Å². The van der Waals surface area contributed by atoms with Crippen molar-refractivity contribution in [2.75, 3.05) is 7.05 Å². The van der Waals surface area contributed by atoms with Crippen molar-refractivity contribution in [2.24, 2.45) is 0 Å². The Morgan fingerprint density at radius 2 is 2.00 bits per heavy atom. The topological polar surface area (TPSA) is 29.1 Å². The van der Waals surface area contributed by atoms with E-state index in [4.69, 9.17) is 0 Å². The van der Waals surface area contributed by atoms with Gasteiger partial charge in [-0.25, -0.2) is 4.39 Å². The molecule has 0 aromatic rings. The molecule has 1 amide bonds. The molecular formula is C8H12FNO. The smallest absolute Gasteiger partial charge is 0.279 e. The van der Waals surface area contributed by atoms with Crippen molar-refractivity contribution in [3.63, 3.8) is 0 Å². The molecule has 1 saturated carbocycles. The van der Waals surface area contributed by atoms with Crippen LogP contribution in [0.3, 0.4) is 0 Å². The van der Waals surface area contributed by atoms with E-state index in [1.807, 2.05) is 0 Å². The summed E-state index contributed by atoms with van der Waals surface area (Å²) in [7, 11) is 1.44. The third-order valence-electron chi connectivity index (χ3n) is 1.94. The van der Waals surface area contributed by atoms with Crippen LogP contribution < -0.4 is 5.32 Å². The molecule has 11 heavy (non-hydrogen) atoms. The number of nitrogens with one attached hydrogen (secondary N) is 1. The number of hydrogen-bond donors (Lipinski definition) is 1. The highest BCUT2D eigenvalue weighted by atomic mass is 19.1. The SMILES string of the molecule is CNC(=O)C(F)=C1CCCC1. The summed E-state index contributed by atoms with van der Waals surface area (Å²) in [6, 6.07) is 0. The van der Waals surface area contributed by atoms with Crippen LogP contribution in [-0.4, -0.2) is 13.0 Å². The zero-order valence-corrected chi connectivity index (χ0v) is 6.61. The van der Waals surface area contributed by atoms with Gasteiger partial charge < -0.3 is 5.32 Å². The summed E-state index contributed by atoms with van der Waals surface area (Å²) in [5, 5.41) is 2.27. The van der Waals surface area contributed by atoms with Crippen molar-refractivity contribution in [1.29, 1.82) is 0 Å². The Morgan fingerprint density at radius 1 is 1.45 bits per heavy atom. The molecule has 1 rings (SSSR count). The molecule has 1 aliphatic rings. The van der Waals surface area contributed by atoms with Gasteiger partial charge in [-0.15, -0.1) is 0 Å². The molecule has 0 radical (unpaired) electrons. The summed E-state index contributed by atoms with van der Waals surface area (Å²) in [6.07, 6.45) is 3.53. The largest absolute Gasteiger partial charge is 0.353 e. The first kappa shape index (κ1) is 8.24. The number of halogens is 1. The van der Waals surface area contributed by atoms with Gasteiger partial charge in [0.2, 0.25) is 0 Å². The van der Waals surface area contributed by atoms with Crippen molar-refractivity contribution >= 4 is 5.91 Å². The molecule has 1 fully saturated rings. The van der Waals surface area contributed by atoms with E-state index in [1.54, 1.807) is 0 Å². The van der Waals surface area contributed by atoms with E-state index in [0.717, 1.165) is 25.7 Å². The zero-order valence-electron chi connectivity index (χ0n) is 6.61. The number of likely N-dealkylation sites (N-methyl/N-ethyl adjacent to an activating group) is 1. The Kier molecular flexibility index (Phi) is 2.63. The summed E-state index contributed by atoms with van der Waals surface area (Å²) in [4.78, 5) is 10.8. The monoisotopic (exact) mass is 157 g/mol. The van der Waals surface area contributed by atoms with Gasteiger partial charge in [0.1, 0.15) is 0 Å². The average molecular weight is 157 g/mol. The molecule has 0 saturated heterocycles. The summed E-state index contributed by atoms with van der Waals surface area (Å²) in [6.45, 7) is 0. The van der Waals surface area contributed by atoms with E-state index in [2.05, 4.69) is 5.32 Å². The molecule has 0 heterocycles. The molecule has 0 bridgehead atoms. The van der Waals surface area contributed by atoms with Gasteiger partial charge in [-0.1, -0.05) is 0 Å². The van der Waals surface area contributed by atoms with Gasteiger partial charge in [0, 0.05) is 7.05 Å². The van der Waals surface area contributed by atoms with Gasteiger partial charge >= 0.3 is 0 Å². The standard InChI is InChI=1S/C8H12FNO/c1-10-8(11)7(9)6-4-2-3-5-6/h2-5H2,1H3,(H,10,11). The predicted octanol–water partition coefficient (Wildman–Crippen LogP) is 1.53. The van der Waals surface area contributed by atoms with Crippen LogP contribution in [0.4, 0.5) is 4.39 Å². The van der Waals surface area contributed by atoms with Gasteiger partial charge in [0.15, 0.2) is 5.83 Å². The first-order valence-electron chi connectivity index (χ1n) is 3.85. The molecule has 0 spiro atoms. The second kappa shape index (κ2) is 3.51. The summed E-state index contributed by atoms with van der Waals surface area (Å²) in [5.74, 6) is -1.15. The van der Waals surface area contributed by atoms with Gasteiger partial charge in [0.25, 0.3) is 5.91 Å². The molecule has 0 aliphatic heterocycles. The normalized spacial score (nSPS) is 16.7. The minimum absolute atomic E-state index is 0.565. The lowest BCUT2D eigenvalue weighted by atomic mass is 10.2. The van der Waals surface area contributed by atoms with Crippen LogP contribution in [0.2, 0.25) is 0 Å². The lowest BCUT2D eigenvalue weighted by Crippen LogP contribution is -2.18. The van der Waals surface area contributed by atoms with Crippen LogP contribution in [0.1, 0.15) is 25.7 Å². The molecule has 62 valence electrons. The second-order valence-corrected chi connectivity index (χ2v) is 2.70. The third kappa shape index (κ3) is 1.79. The van der Waals surface area contributed by atoms with Crippen LogP contribution in [0.15, 0.2) is 11.4 Å². The van der Waals surface area contributed by atoms with E-state index < -0.39 is 11.7 Å². The average Bonchev–Trinajstić information content (AvgIpc) is 2.53. The fraction of sp³-hybridized carbons (Fsp3) is 0.625. The van der Waals surface area contributed by atoms with Crippen molar-refractivity contribution in [3.8, 4) is 0 Å². The lowest BCUT2D eigenvalue weighted by Gasteiger charge is -1.98. The van der Waals surface area contributed by atoms with Gasteiger partial charge in [0.05, 0.1) is 0 Å². The van der Waals surface area contributed by atoms with E-state index in [-0.39, 0.29) is 0 Å². The Morgan fingerprint density at radius 3 is 2.45 bits per heavy atom. The first-order valence-corrected chi connectivity index (χ1v) is 3.85. The first-order chi connectivity index (χ1) is 5.25. The minimum Gasteiger partial charge on any atom is -0.353 e. The van der Waals surface area contributed by atoms with E-state index >= 15 is 0 Å². The number of allylic oxidation sites excluding steroid dienone is 1. The number of carbonyl (C=O) groups is 1. The number of rotatable bonds is 1. The van der Waals surface area contributed by atoms with E-state index in [1.165, 1.54) is 7.05 Å². The van der Waals surface area contributed by atoms with Gasteiger partial charge in [-0.05, 0) is 31.3 Å². The predicted molar refractivity (Wildman–Crippen MR) is 40.7 cm³/mol. The molecule has 0 unspecified atom stereocenters. The maximum absolute atomic E-state index is 13.0. The lowest BCUT2D eigenvalue weighted by molar-refractivity contribution is -0.118. The molecule has 0 aromatic carbocycles. The summed E-state index contributed by atoms with van der Waals surface area (Å²) < 4.78 is 13.0. The fourth-order valence-corrected chi connectivity index (χ4v) is 1.29. The molecule has 0 atom stereocenters.